The van der Waals surface area contributed by atoms with Gasteiger partial charge in [-0.3, -0.25) is 9.78 Å². The topological polar surface area (TPSA) is 72.8 Å². The monoisotopic (exact) mass is 375 g/mol. The standard InChI is InChI=1S/C22H21N3O3/c1-17(19-11-13-23-14-12-19)24-25-22(26)16-28-21-9-7-20(8-10-21)27-15-18-5-3-2-4-6-18/h2-14H,15-16H2,1H3,(H,25,26)/b24-17-. The summed E-state index contributed by atoms with van der Waals surface area (Å²) in [6.45, 7) is 2.18. The molecule has 0 atom stereocenters. The molecule has 1 N–H and O–H groups in total. The first-order valence-electron chi connectivity index (χ1n) is 8.84. The molecule has 0 aliphatic carbocycles. The highest BCUT2D eigenvalue weighted by Gasteiger charge is 2.04. The minimum Gasteiger partial charge on any atom is -0.489 e. The molecule has 2 aromatic carbocycles. The van der Waals surface area contributed by atoms with Gasteiger partial charge in [0.1, 0.15) is 18.1 Å². The van der Waals surface area contributed by atoms with Crippen LogP contribution in [0.25, 0.3) is 0 Å². The van der Waals surface area contributed by atoms with E-state index in [0.717, 1.165) is 16.9 Å². The van der Waals surface area contributed by atoms with Gasteiger partial charge in [-0.1, -0.05) is 30.3 Å². The zero-order valence-electron chi connectivity index (χ0n) is 15.5. The number of carbonyl (C=O) groups is 1. The predicted octanol–water partition coefficient (Wildman–Crippen LogP) is 3.58. The quantitative estimate of drug-likeness (QED) is 0.482. The summed E-state index contributed by atoms with van der Waals surface area (Å²) < 4.78 is 11.2. The van der Waals surface area contributed by atoms with Crippen molar-refractivity contribution in [1.29, 1.82) is 0 Å². The SMILES string of the molecule is C/C(=N/NC(=O)COc1ccc(OCc2ccccc2)cc1)c1ccncc1. The second kappa shape index (κ2) is 9.87. The van der Waals surface area contributed by atoms with Crippen molar-refractivity contribution >= 4 is 11.6 Å². The van der Waals surface area contributed by atoms with Crippen LogP contribution in [0.4, 0.5) is 0 Å². The molecule has 3 aromatic rings. The van der Waals surface area contributed by atoms with Crippen molar-refractivity contribution in [2.75, 3.05) is 6.61 Å². The van der Waals surface area contributed by atoms with Crippen LogP contribution in [0.3, 0.4) is 0 Å². The van der Waals surface area contributed by atoms with Gasteiger partial charge in [-0.05, 0) is 48.9 Å². The number of ether oxygens (including phenoxy) is 2. The summed E-state index contributed by atoms with van der Waals surface area (Å²) in [5.74, 6) is 0.980. The third-order valence-corrected chi connectivity index (χ3v) is 3.89. The molecule has 0 bridgehead atoms. The zero-order chi connectivity index (χ0) is 19.6. The average molecular weight is 375 g/mol. The number of hydrazone groups is 1. The van der Waals surface area contributed by atoms with Crippen molar-refractivity contribution in [3.63, 3.8) is 0 Å². The first-order valence-corrected chi connectivity index (χ1v) is 8.84. The Balaban J connectivity index is 1.43. The molecule has 28 heavy (non-hydrogen) atoms. The van der Waals surface area contributed by atoms with E-state index in [1.165, 1.54) is 0 Å². The van der Waals surface area contributed by atoms with E-state index in [-0.39, 0.29) is 12.5 Å². The van der Waals surface area contributed by atoms with Gasteiger partial charge in [-0.25, -0.2) is 5.43 Å². The normalized spacial score (nSPS) is 11.0. The lowest BCUT2D eigenvalue weighted by Gasteiger charge is -2.08. The van der Waals surface area contributed by atoms with E-state index in [9.17, 15) is 4.79 Å². The summed E-state index contributed by atoms with van der Waals surface area (Å²) in [4.78, 5) is 15.8. The third-order valence-electron chi connectivity index (χ3n) is 3.89. The van der Waals surface area contributed by atoms with Gasteiger partial charge in [0.2, 0.25) is 0 Å². The molecule has 1 amide bonds. The molecular formula is C22H21N3O3. The van der Waals surface area contributed by atoms with E-state index in [0.29, 0.717) is 18.1 Å². The summed E-state index contributed by atoms with van der Waals surface area (Å²) >= 11 is 0. The number of pyridine rings is 1. The number of nitrogens with one attached hydrogen (secondary N) is 1. The molecule has 0 saturated heterocycles. The minimum absolute atomic E-state index is 0.128. The van der Waals surface area contributed by atoms with E-state index in [1.807, 2.05) is 61.5 Å². The molecule has 6 heteroatoms. The zero-order valence-corrected chi connectivity index (χ0v) is 15.5. The fourth-order valence-corrected chi connectivity index (χ4v) is 2.36. The fraction of sp³-hybridized carbons (Fsp3) is 0.136. The molecule has 0 spiro atoms. The minimum atomic E-state index is -0.335. The smallest absolute Gasteiger partial charge is 0.277 e. The third kappa shape index (κ3) is 5.95. The van der Waals surface area contributed by atoms with E-state index in [2.05, 4.69) is 15.5 Å². The summed E-state index contributed by atoms with van der Waals surface area (Å²) in [5, 5.41) is 4.06. The maximum Gasteiger partial charge on any atom is 0.277 e. The van der Waals surface area contributed by atoms with Crippen molar-refractivity contribution in [1.82, 2.24) is 10.4 Å². The first-order chi connectivity index (χ1) is 13.7. The van der Waals surface area contributed by atoms with E-state index in [4.69, 9.17) is 9.47 Å². The van der Waals surface area contributed by atoms with Crippen LogP contribution in [-0.4, -0.2) is 23.2 Å². The molecule has 1 heterocycles. The van der Waals surface area contributed by atoms with Gasteiger partial charge in [0.15, 0.2) is 6.61 Å². The number of nitrogens with zero attached hydrogens (tertiary/aromatic N) is 2. The van der Waals surface area contributed by atoms with Crippen LogP contribution in [-0.2, 0) is 11.4 Å². The van der Waals surface area contributed by atoms with E-state index < -0.39 is 0 Å². The molecule has 0 aliphatic heterocycles. The first kappa shape index (κ1) is 19.1. The fourth-order valence-electron chi connectivity index (χ4n) is 2.36. The molecule has 0 aliphatic rings. The van der Waals surface area contributed by atoms with Crippen LogP contribution >= 0.6 is 0 Å². The Morgan fingerprint density at radius 1 is 0.929 bits per heavy atom. The second-order valence-corrected chi connectivity index (χ2v) is 6.00. The number of hydrogen-bond donors (Lipinski definition) is 1. The average Bonchev–Trinajstić information content (AvgIpc) is 2.76. The number of rotatable bonds is 8. The highest BCUT2D eigenvalue weighted by molar-refractivity contribution is 5.99. The lowest BCUT2D eigenvalue weighted by atomic mass is 10.2. The van der Waals surface area contributed by atoms with Gasteiger partial charge in [0.05, 0.1) is 5.71 Å². The van der Waals surface area contributed by atoms with Gasteiger partial charge in [-0.2, -0.15) is 5.10 Å². The number of carbonyl (C=O) groups excluding carboxylic acids is 1. The Hall–Kier alpha value is -3.67. The summed E-state index contributed by atoms with van der Waals surface area (Å²) in [5.41, 5.74) is 5.16. The predicted molar refractivity (Wildman–Crippen MR) is 107 cm³/mol. The molecule has 0 fully saturated rings. The van der Waals surface area contributed by atoms with Crippen LogP contribution in [0.1, 0.15) is 18.1 Å². The van der Waals surface area contributed by atoms with Gasteiger partial charge in [-0.15, -0.1) is 0 Å². The number of hydrogen-bond acceptors (Lipinski definition) is 5. The van der Waals surface area contributed by atoms with Gasteiger partial charge in [0.25, 0.3) is 5.91 Å². The second-order valence-electron chi connectivity index (χ2n) is 6.00. The summed E-state index contributed by atoms with van der Waals surface area (Å²) in [7, 11) is 0. The molecule has 3 rings (SSSR count). The van der Waals surface area contributed by atoms with Gasteiger partial charge < -0.3 is 9.47 Å². The maximum atomic E-state index is 11.9. The van der Waals surface area contributed by atoms with Crippen LogP contribution < -0.4 is 14.9 Å². The number of amides is 1. The van der Waals surface area contributed by atoms with Crippen molar-refractivity contribution in [3.8, 4) is 11.5 Å². The van der Waals surface area contributed by atoms with Crippen LogP contribution in [0.15, 0.2) is 84.2 Å². The van der Waals surface area contributed by atoms with Crippen molar-refractivity contribution < 1.29 is 14.3 Å². The van der Waals surface area contributed by atoms with Crippen LogP contribution in [0, 0.1) is 0 Å². The largest absolute Gasteiger partial charge is 0.489 e. The van der Waals surface area contributed by atoms with Crippen molar-refractivity contribution in [2.24, 2.45) is 5.10 Å². The Kier molecular flexibility index (Phi) is 6.73. The van der Waals surface area contributed by atoms with Crippen molar-refractivity contribution in [3.05, 3.63) is 90.3 Å². The maximum absolute atomic E-state index is 11.9. The summed E-state index contributed by atoms with van der Waals surface area (Å²) in [6.07, 6.45) is 3.35. The Morgan fingerprint density at radius 3 is 2.25 bits per heavy atom. The molecule has 0 radical (unpaired) electrons. The Morgan fingerprint density at radius 2 is 1.57 bits per heavy atom. The summed E-state index contributed by atoms with van der Waals surface area (Å²) in [6, 6.07) is 20.7. The van der Waals surface area contributed by atoms with Crippen LogP contribution in [0.2, 0.25) is 0 Å². The van der Waals surface area contributed by atoms with Gasteiger partial charge >= 0.3 is 0 Å². The molecular weight excluding hydrogens is 354 g/mol. The van der Waals surface area contributed by atoms with E-state index in [1.54, 1.807) is 24.5 Å². The lowest BCUT2D eigenvalue weighted by Crippen LogP contribution is -2.25. The highest BCUT2D eigenvalue weighted by Crippen LogP contribution is 2.18. The molecule has 142 valence electrons. The Bertz CT molecular complexity index is 911. The highest BCUT2D eigenvalue weighted by atomic mass is 16.5. The molecule has 0 saturated carbocycles. The number of aromatic nitrogens is 1. The Labute approximate surface area is 163 Å². The van der Waals surface area contributed by atoms with Crippen molar-refractivity contribution in [2.45, 2.75) is 13.5 Å². The molecule has 6 nitrogen and oxygen atoms in total. The van der Waals surface area contributed by atoms with E-state index >= 15 is 0 Å². The van der Waals surface area contributed by atoms with Gasteiger partial charge in [0, 0.05) is 18.0 Å². The molecule has 0 unspecified atom stereocenters. The molecule has 1 aromatic heterocycles. The number of benzene rings is 2. The lowest BCUT2D eigenvalue weighted by molar-refractivity contribution is -0.123. The van der Waals surface area contributed by atoms with Crippen LogP contribution in [0.5, 0.6) is 11.5 Å².